The maximum absolute atomic E-state index is 13.8. The Morgan fingerprint density at radius 1 is 1.30 bits per heavy atom. The molecule has 0 radical (unpaired) electrons. The van der Waals surface area contributed by atoms with Crippen LogP contribution in [0.5, 0.6) is 5.75 Å². The fourth-order valence-electron chi connectivity index (χ4n) is 4.58. The average Bonchev–Trinajstić information content (AvgIpc) is 3.28. The van der Waals surface area contributed by atoms with Crippen molar-refractivity contribution in [2.45, 2.75) is 40.3 Å². The molecule has 0 spiro atoms. The summed E-state index contributed by atoms with van der Waals surface area (Å²) in [6.07, 6.45) is 7.64. The van der Waals surface area contributed by atoms with Gasteiger partial charge < -0.3 is 24.9 Å². The molecule has 1 aliphatic rings. The molecule has 1 aromatic carbocycles. The summed E-state index contributed by atoms with van der Waals surface area (Å²) in [5, 5.41) is 20.5. The fraction of sp³-hybridized carbons (Fsp3) is 0.321. The van der Waals surface area contributed by atoms with E-state index in [0.717, 1.165) is 28.2 Å². The number of nitriles is 1. The quantitative estimate of drug-likeness (QED) is 0.435. The maximum Gasteiger partial charge on any atom is 0.254 e. The molecule has 2 aromatic heterocycles. The van der Waals surface area contributed by atoms with Gasteiger partial charge in [0.15, 0.2) is 0 Å². The lowest BCUT2D eigenvalue weighted by molar-refractivity contribution is 0.0724. The molecule has 190 valence electrons. The van der Waals surface area contributed by atoms with Gasteiger partial charge in [-0.1, -0.05) is 0 Å². The molecule has 37 heavy (non-hydrogen) atoms. The van der Waals surface area contributed by atoms with Crippen molar-refractivity contribution in [2.24, 2.45) is 0 Å². The summed E-state index contributed by atoms with van der Waals surface area (Å²) < 4.78 is 7.64. The summed E-state index contributed by atoms with van der Waals surface area (Å²) in [6, 6.07) is 7.90. The second-order valence-corrected chi connectivity index (χ2v) is 8.96. The molecule has 1 amide bonds. The van der Waals surface area contributed by atoms with Gasteiger partial charge in [-0.3, -0.25) is 9.78 Å². The lowest BCUT2D eigenvalue weighted by Gasteiger charge is -2.31. The number of rotatable bonds is 9. The van der Waals surface area contributed by atoms with Crippen LogP contribution in [0.2, 0.25) is 0 Å². The molecule has 0 saturated heterocycles. The topological polar surface area (TPSA) is 120 Å². The number of hydrogen-bond acceptors (Lipinski definition) is 7. The van der Waals surface area contributed by atoms with Gasteiger partial charge in [-0.25, -0.2) is 4.98 Å². The van der Waals surface area contributed by atoms with Crippen LogP contribution in [0.3, 0.4) is 0 Å². The Bertz CT molecular complexity index is 1410. The van der Waals surface area contributed by atoms with Gasteiger partial charge in [-0.2, -0.15) is 5.26 Å². The van der Waals surface area contributed by atoms with Crippen LogP contribution in [0.1, 0.15) is 58.0 Å². The van der Waals surface area contributed by atoms with E-state index in [2.05, 4.69) is 27.4 Å². The third-order valence-electron chi connectivity index (χ3n) is 6.35. The van der Waals surface area contributed by atoms with Crippen LogP contribution in [0.25, 0.3) is 5.70 Å². The minimum atomic E-state index is -0.0714. The van der Waals surface area contributed by atoms with Crippen LogP contribution < -0.4 is 10.1 Å². The zero-order valence-corrected chi connectivity index (χ0v) is 21.6. The third kappa shape index (κ3) is 5.54. The number of nitrogens with one attached hydrogen (secondary N) is 2. The maximum atomic E-state index is 13.8. The molecule has 0 saturated carbocycles. The number of benzene rings is 1. The van der Waals surface area contributed by atoms with E-state index in [9.17, 15) is 10.1 Å². The lowest BCUT2D eigenvalue weighted by atomic mass is 9.89. The monoisotopic (exact) mass is 497 g/mol. The van der Waals surface area contributed by atoms with E-state index < -0.39 is 0 Å². The zero-order chi connectivity index (χ0) is 26.5. The van der Waals surface area contributed by atoms with Gasteiger partial charge in [0.25, 0.3) is 5.91 Å². The first-order chi connectivity index (χ1) is 17.8. The minimum absolute atomic E-state index is 0.0714. The van der Waals surface area contributed by atoms with Crippen molar-refractivity contribution in [3.8, 4) is 11.8 Å². The predicted octanol–water partition coefficient (Wildman–Crippen LogP) is 3.70. The summed E-state index contributed by atoms with van der Waals surface area (Å²) in [5.74, 6) is 1.30. The Morgan fingerprint density at radius 3 is 2.76 bits per heavy atom. The first-order valence-electron chi connectivity index (χ1n) is 12.2. The predicted molar refractivity (Wildman–Crippen MR) is 142 cm³/mol. The molecule has 1 aliphatic heterocycles. The van der Waals surface area contributed by atoms with Gasteiger partial charge >= 0.3 is 0 Å². The van der Waals surface area contributed by atoms with Crippen molar-refractivity contribution in [1.29, 1.82) is 10.7 Å². The Kier molecular flexibility index (Phi) is 7.68. The Labute approximate surface area is 216 Å². The van der Waals surface area contributed by atoms with E-state index in [1.807, 2.05) is 37.7 Å². The van der Waals surface area contributed by atoms with Crippen molar-refractivity contribution in [2.75, 3.05) is 20.2 Å². The number of pyridine rings is 1. The molecule has 0 unspecified atom stereocenters. The van der Waals surface area contributed by atoms with Gasteiger partial charge in [0.1, 0.15) is 23.2 Å². The lowest BCUT2D eigenvalue weighted by Crippen LogP contribution is -2.38. The van der Waals surface area contributed by atoms with Crippen LogP contribution in [0, 0.1) is 23.7 Å². The molecule has 0 bridgehead atoms. The second-order valence-electron chi connectivity index (χ2n) is 8.96. The van der Waals surface area contributed by atoms with Crippen LogP contribution in [-0.2, 0) is 19.5 Å². The number of carbonyl (C=O) groups excluding carboxylic acids is 1. The number of ether oxygens (including phenoxy) is 1. The highest BCUT2D eigenvalue weighted by atomic mass is 16.5. The smallest absolute Gasteiger partial charge is 0.254 e. The van der Waals surface area contributed by atoms with E-state index in [-0.39, 0.29) is 5.91 Å². The zero-order valence-electron chi connectivity index (χ0n) is 21.6. The molecule has 9 nitrogen and oxygen atoms in total. The average molecular weight is 498 g/mol. The molecule has 9 heteroatoms. The summed E-state index contributed by atoms with van der Waals surface area (Å²) in [5.41, 5.74) is 5.80. The number of nitrogens with zero attached hydrogens (tertiary/aromatic N) is 5. The standard InChI is InChI=1S/C28H31N7O2/c1-5-37-27-13-22(33-15-21(27)14-29)17-35-8-6-23-24(26(31-4)10-18(2)30)11-20(12-25(23)28(35)36)16-34-9-7-32-19(34)3/h7,9-13,15,30-31H,5-6,8,16-17H2,1-4H3/b26-10-,30-18?. The van der Waals surface area contributed by atoms with Crippen LogP contribution in [0.4, 0.5) is 0 Å². The van der Waals surface area contributed by atoms with Crippen LogP contribution in [0.15, 0.2) is 42.9 Å². The molecule has 3 aromatic rings. The number of aromatic nitrogens is 3. The van der Waals surface area contributed by atoms with Gasteiger partial charge in [0, 0.05) is 67.3 Å². The Hall–Kier alpha value is -4.45. The van der Waals surface area contributed by atoms with Crippen LogP contribution in [-0.4, -0.2) is 51.3 Å². The largest absolute Gasteiger partial charge is 0.492 e. The molecule has 2 N–H and O–H groups in total. The number of hydrogen-bond donors (Lipinski definition) is 2. The highest BCUT2D eigenvalue weighted by molar-refractivity contribution is 6.01. The number of allylic oxidation sites excluding steroid dienone is 1. The van der Waals surface area contributed by atoms with Gasteiger partial charge in [-0.05, 0) is 56.5 Å². The summed E-state index contributed by atoms with van der Waals surface area (Å²) in [7, 11) is 1.83. The number of imidazole rings is 1. The van der Waals surface area contributed by atoms with Crippen molar-refractivity contribution in [1.82, 2.24) is 24.8 Å². The third-order valence-corrected chi connectivity index (χ3v) is 6.35. The van der Waals surface area contributed by atoms with Crippen molar-refractivity contribution >= 4 is 17.3 Å². The highest BCUT2D eigenvalue weighted by Gasteiger charge is 2.28. The summed E-state index contributed by atoms with van der Waals surface area (Å²) in [4.78, 5) is 24.3. The van der Waals surface area contributed by atoms with Crippen molar-refractivity contribution in [3.05, 3.63) is 82.2 Å². The van der Waals surface area contributed by atoms with Crippen molar-refractivity contribution in [3.63, 3.8) is 0 Å². The molecule has 0 fully saturated rings. The first kappa shape index (κ1) is 25.6. The minimum Gasteiger partial charge on any atom is -0.492 e. The van der Waals surface area contributed by atoms with E-state index in [1.165, 1.54) is 6.20 Å². The second kappa shape index (κ2) is 11.1. The molecule has 4 rings (SSSR count). The van der Waals surface area contributed by atoms with E-state index in [1.54, 1.807) is 30.2 Å². The molecule has 0 aliphatic carbocycles. The molecular formula is C28H31N7O2. The van der Waals surface area contributed by atoms with E-state index in [0.29, 0.717) is 60.9 Å². The van der Waals surface area contributed by atoms with E-state index >= 15 is 0 Å². The number of carbonyl (C=O) groups is 1. The molecule has 3 heterocycles. The van der Waals surface area contributed by atoms with Gasteiger partial charge in [-0.15, -0.1) is 0 Å². The number of aryl methyl sites for hydroxylation is 1. The highest BCUT2D eigenvalue weighted by Crippen LogP contribution is 2.30. The number of amides is 1. The summed E-state index contributed by atoms with van der Waals surface area (Å²) >= 11 is 0. The van der Waals surface area contributed by atoms with Gasteiger partial charge in [0.2, 0.25) is 0 Å². The van der Waals surface area contributed by atoms with Crippen molar-refractivity contribution < 1.29 is 9.53 Å². The Balaban J connectivity index is 1.72. The van der Waals surface area contributed by atoms with Gasteiger partial charge in [0.05, 0.1) is 18.8 Å². The SMILES string of the molecule is CCOc1cc(CN2CCc3c(cc(Cn4ccnc4C)cc3/C(=C/C(C)=N)NC)C2=O)ncc1C#N. The number of fused-ring (bicyclic) bond motifs is 1. The fourth-order valence-corrected chi connectivity index (χ4v) is 4.58. The van der Waals surface area contributed by atoms with Crippen LogP contribution >= 0.6 is 0 Å². The summed E-state index contributed by atoms with van der Waals surface area (Å²) in [6.45, 7) is 7.41. The van der Waals surface area contributed by atoms with E-state index in [4.69, 9.17) is 10.1 Å². The molecule has 0 atom stereocenters. The Morgan fingerprint density at radius 2 is 2.11 bits per heavy atom. The molecular weight excluding hydrogens is 466 g/mol. The first-order valence-corrected chi connectivity index (χ1v) is 12.2. The normalized spacial score (nSPS) is 13.2.